The average Bonchev–Trinajstić information content (AvgIpc) is 2.30. The summed E-state index contributed by atoms with van der Waals surface area (Å²) in [5.41, 5.74) is 0.939. The molecule has 2 N–H and O–H groups in total. The second-order valence-corrected chi connectivity index (χ2v) is 3.21. The first-order valence-corrected chi connectivity index (χ1v) is 4.74. The van der Waals surface area contributed by atoms with Crippen LogP contribution in [0.15, 0.2) is 36.7 Å². The molecule has 0 saturated heterocycles. The third-order valence-corrected chi connectivity index (χ3v) is 2.08. The Kier molecular flexibility index (Phi) is 4.25. The molecule has 0 amide bonds. The summed E-state index contributed by atoms with van der Waals surface area (Å²) >= 11 is 5.82. The maximum absolute atomic E-state index is 8.65. The fourth-order valence-corrected chi connectivity index (χ4v) is 1.10. The molecule has 80 valence electrons. The maximum atomic E-state index is 8.65. The van der Waals surface area contributed by atoms with Gasteiger partial charge in [-0.15, -0.1) is 0 Å². The van der Waals surface area contributed by atoms with Gasteiger partial charge in [0.25, 0.3) is 0 Å². The lowest BCUT2D eigenvalue weighted by Gasteiger charge is -2.01. The molecule has 0 spiro atoms. The first-order chi connectivity index (χ1) is 7.71. The maximum Gasteiger partial charge on any atom is 0.131 e. The molecule has 0 aliphatic heterocycles. The molecule has 0 radical (unpaired) electrons. The first kappa shape index (κ1) is 12.0. The number of anilines is 1. The molecule has 0 atom stereocenters. The van der Waals surface area contributed by atoms with Gasteiger partial charge in [-0.2, -0.15) is 5.26 Å². The molecule has 0 bridgehead atoms. The van der Waals surface area contributed by atoms with Gasteiger partial charge in [-0.1, -0.05) is 24.3 Å². The minimum Gasteiger partial charge on any atom is -0.346 e. The first-order valence-electron chi connectivity index (χ1n) is 4.36. The highest BCUT2D eigenvalue weighted by Crippen LogP contribution is 2.17. The molecular formula is C11H9ClN4. The Morgan fingerprint density at radius 1 is 1.69 bits per heavy atom. The summed E-state index contributed by atoms with van der Waals surface area (Å²) in [7, 11) is 0. The zero-order valence-electron chi connectivity index (χ0n) is 8.37. The Morgan fingerprint density at radius 2 is 2.44 bits per heavy atom. The van der Waals surface area contributed by atoms with Gasteiger partial charge in [0.2, 0.25) is 0 Å². The van der Waals surface area contributed by atoms with Crippen LogP contribution in [0.1, 0.15) is 5.56 Å². The fraction of sp³-hybridized carbons (Fsp3) is 0. The highest BCUT2D eigenvalue weighted by molar-refractivity contribution is 6.31. The van der Waals surface area contributed by atoms with Gasteiger partial charge in [-0.3, -0.25) is 0 Å². The lowest BCUT2D eigenvalue weighted by atomic mass is 10.3. The highest BCUT2D eigenvalue weighted by atomic mass is 35.5. The molecule has 0 aromatic carbocycles. The molecule has 0 aliphatic rings. The predicted molar refractivity (Wildman–Crippen MR) is 64.6 cm³/mol. The molecule has 0 unspecified atom stereocenters. The number of halogens is 1. The number of hydrogen-bond donors (Lipinski definition) is 2. The lowest BCUT2D eigenvalue weighted by molar-refractivity contribution is 1.28. The zero-order valence-corrected chi connectivity index (χ0v) is 9.12. The van der Waals surface area contributed by atoms with Gasteiger partial charge in [0, 0.05) is 30.3 Å². The van der Waals surface area contributed by atoms with Gasteiger partial charge < -0.3 is 10.7 Å². The van der Waals surface area contributed by atoms with Crippen LogP contribution < -0.4 is 5.32 Å². The second kappa shape index (κ2) is 5.69. The smallest absolute Gasteiger partial charge is 0.131 e. The van der Waals surface area contributed by atoms with Crippen molar-refractivity contribution in [2.45, 2.75) is 0 Å². The normalized spacial score (nSPS) is 10.4. The zero-order chi connectivity index (χ0) is 12.0. The minimum atomic E-state index is 0.326. The highest BCUT2D eigenvalue weighted by Gasteiger charge is 2.00. The molecule has 0 saturated carbocycles. The molecule has 1 rings (SSSR count). The Balaban J connectivity index is 2.88. The van der Waals surface area contributed by atoms with Crippen molar-refractivity contribution >= 4 is 23.6 Å². The number of rotatable bonds is 4. The van der Waals surface area contributed by atoms with E-state index in [1.807, 2.05) is 6.07 Å². The van der Waals surface area contributed by atoms with Crippen molar-refractivity contribution < 1.29 is 0 Å². The van der Waals surface area contributed by atoms with Gasteiger partial charge >= 0.3 is 0 Å². The van der Waals surface area contributed by atoms with Crippen molar-refractivity contribution in [1.29, 1.82) is 10.7 Å². The summed E-state index contributed by atoms with van der Waals surface area (Å²) in [5, 5.41) is 18.9. The summed E-state index contributed by atoms with van der Waals surface area (Å²) in [4.78, 5) is 3.98. The van der Waals surface area contributed by atoms with E-state index in [-0.39, 0.29) is 0 Å². The topological polar surface area (TPSA) is 72.6 Å². The van der Waals surface area contributed by atoms with E-state index in [9.17, 15) is 0 Å². The molecule has 16 heavy (non-hydrogen) atoms. The fourth-order valence-electron chi connectivity index (χ4n) is 0.909. The average molecular weight is 233 g/mol. The SMILES string of the molecule is C=C/C(C=N)=C/Nc1cc(Cl)c(C#N)cn1. The van der Waals surface area contributed by atoms with E-state index in [4.69, 9.17) is 22.3 Å². The second-order valence-electron chi connectivity index (χ2n) is 2.80. The molecule has 5 heteroatoms. The third kappa shape index (κ3) is 2.94. The van der Waals surface area contributed by atoms with Crippen molar-refractivity contribution in [1.82, 2.24) is 4.98 Å². The quantitative estimate of drug-likeness (QED) is 0.619. The van der Waals surface area contributed by atoms with Crippen molar-refractivity contribution in [3.63, 3.8) is 0 Å². The molecule has 0 aliphatic carbocycles. The molecule has 4 nitrogen and oxygen atoms in total. The minimum absolute atomic E-state index is 0.326. The molecule has 1 aromatic heterocycles. The van der Waals surface area contributed by atoms with E-state index < -0.39 is 0 Å². The Hall–Kier alpha value is -2.12. The summed E-state index contributed by atoms with van der Waals surface area (Å²) < 4.78 is 0. The third-order valence-electron chi connectivity index (χ3n) is 1.76. The van der Waals surface area contributed by atoms with Gasteiger partial charge in [0.15, 0.2) is 0 Å². The van der Waals surface area contributed by atoms with Gasteiger partial charge in [-0.25, -0.2) is 4.98 Å². The summed E-state index contributed by atoms with van der Waals surface area (Å²) in [6.07, 6.45) is 5.65. The largest absolute Gasteiger partial charge is 0.346 e. The number of aromatic nitrogens is 1. The summed E-state index contributed by atoms with van der Waals surface area (Å²) in [5.74, 6) is 0.505. The van der Waals surface area contributed by atoms with Gasteiger partial charge in [0.05, 0.1) is 10.6 Å². The molecule has 0 fully saturated rings. The van der Waals surface area contributed by atoms with E-state index >= 15 is 0 Å². The number of nitrogens with zero attached hydrogens (tertiary/aromatic N) is 2. The Morgan fingerprint density at radius 3 is 2.94 bits per heavy atom. The standard InChI is InChI=1S/C11H9ClN4/c1-2-8(4-13)6-15-11-3-10(12)9(5-14)7-16-11/h2-4,6-7,13H,1H2,(H,15,16)/b8-6-,13-4?. The van der Waals surface area contributed by atoms with Crippen molar-refractivity contribution in [3.8, 4) is 6.07 Å². The number of hydrogen-bond acceptors (Lipinski definition) is 4. The van der Waals surface area contributed by atoms with Crippen molar-refractivity contribution in [2.75, 3.05) is 5.32 Å². The molecule has 1 heterocycles. The van der Waals surface area contributed by atoms with Crippen LogP contribution in [0.2, 0.25) is 5.02 Å². The van der Waals surface area contributed by atoms with Crippen LogP contribution in [0.25, 0.3) is 0 Å². The summed E-state index contributed by atoms with van der Waals surface area (Å²) in [6.45, 7) is 3.54. The van der Waals surface area contributed by atoms with E-state index in [0.717, 1.165) is 6.21 Å². The lowest BCUT2D eigenvalue weighted by Crippen LogP contribution is -1.94. The van der Waals surface area contributed by atoms with Crippen LogP contribution in [-0.4, -0.2) is 11.2 Å². The van der Waals surface area contributed by atoms with Crippen LogP contribution >= 0.6 is 11.6 Å². The number of allylic oxidation sites excluding steroid dienone is 2. The summed E-state index contributed by atoms with van der Waals surface area (Å²) in [6, 6.07) is 3.46. The van der Waals surface area contributed by atoms with Gasteiger partial charge in [-0.05, 0) is 0 Å². The van der Waals surface area contributed by atoms with Crippen LogP contribution in [0.5, 0.6) is 0 Å². The van der Waals surface area contributed by atoms with E-state index in [2.05, 4.69) is 16.9 Å². The number of pyridine rings is 1. The van der Waals surface area contributed by atoms with Gasteiger partial charge in [0.1, 0.15) is 11.9 Å². The Bertz CT molecular complexity index is 475. The molecular weight excluding hydrogens is 224 g/mol. The van der Waals surface area contributed by atoms with E-state index in [1.165, 1.54) is 12.3 Å². The predicted octanol–water partition coefficient (Wildman–Crippen LogP) is 2.74. The molecule has 1 aromatic rings. The Labute approximate surface area is 98.4 Å². The van der Waals surface area contributed by atoms with Crippen LogP contribution in [0.3, 0.4) is 0 Å². The monoisotopic (exact) mass is 232 g/mol. The van der Waals surface area contributed by atoms with Crippen molar-refractivity contribution in [2.24, 2.45) is 0 Å². The van der Waals surface area contributed by atoms with Crippen LogP contribution in [0.4, 0.5) is 5.82 Å². The number of nitriles is 1. The number of nitrogens with one attached hydrogen (secondary N) is 2. The van der Waals surface area contributed by atoms with Crippen LogP contribution in [-0.2, 0) is 0 Å². The van der Waals surface area contributed by atoms with Crippen LogP contribution in [0, 0.1) is 16.7 Å². The van der Waals surface area contributed by atoms with E-state index in [1.54, 1.807) is 12.3 Å². The van der Waals surface area contributed by atoms with Crippen molar-refractivity contribution in [3.05, 3.63) is 47.3 Å². The van der Waals surface area contributed by atoms with E-state index in [0.29, 0.717) is 22.0 Å².